The maximum absolute atomic E-state index is 2.60. The molecule has 0 radical (unpaired) electrons. The van der Waals surface area contributed by atoms with Crippen molar-refractivity contribution >= 4 is 27.4 Å². The fourth-order valence-electron chi connectivity index (χ4n) is 8.40. The van der Waals surface area contributed by atoms with Crippen LogP contribution in [0.4, 0.5) is 0 Å². The molecule has 1 heteroatoms. The van der Waals surface area contributed by atoms with Gasteiger partial charge in [-0.25, -0.2) is 0 Å². The van der Waals surface area contributed by atoms with Gasteiger partial charge >= 0.3 is 0 Å². The maximum Gasteiger partial charge on any atom is 0.0658 e. The Morgan fingerprint density at radius 2 is 0.900 bits per heavy atom. The zero-order chi connectivity index (χ0) is 33.2. The molecule has 10 rings (SSSR count). The number of fused-ring (bicyclic) bond motifs is 6. The molecule has 2 unspecified atom stereocenters. The molecule has 1 nitrogen and oxygen atoms in total. The van der Waals surface area contributed by atoms with E-state index in [1.165, 1.54) is 88.6 Å². The van der Waals surface area contributed by atoms with E-state index in [9.17, 15) is 0 Å². The first-order valence-corrected chi connectivity index (χ1v) is 17.6. The smallest absolute Gasteiger partial charge is 0.0658 e. The van der Waals surface area contributed by atoms with Gasteiger partial charge in [-0.2, -0.15) is 0 Å². The predicted molar refractivity (Wildman–Crippen MR) is 212 cm³/mol. The van der Waals surface area contributed by atoms with Crippen molar-refractivity contribution in [1.82, 2.24) is 4.57 Å². The van der Waals surface area contributed by atoms with Crippen LogP contribution in [-0.4, -0.2) is 4.57 Å². The van der Waals surface area contributed by atoms with Gasteiger partial charge < -0.3 is 4.57 Å². The number of nitrogens with zero attached hydrogens (tertiary/aromatic N) is 1. The van der Waals surface area contributed by atoms with Crippen LogP contribution in [0, 0.1) is 5.92 Å². The highest BCUT2D eigenvalue weighted by atomic mass is 15.1. The molecule has 0 amide bonds. The first-order valence-electron chi connectivity index (χ1n) is 17.6. The number of aromatic nitrogens is 1. The Kier molecular flexibility index (Phi) is 6.60. The van der Waals surface area contributed by atoms with E-state index in [-0.39, 0.29) is 0 Å². The number of benzene rings is 7. The van der Waals surface area contributed by atoms with Gasteiger partial charge in [0.15, 0.2) is 0 Å². The third-order valence-corrected chi connectivity index (χ3v) is 10.8. The van der Waals surface area contributed by atoms with Crippen LogP contribution >= 0.6 is 0 Å². The van der Waals surface area contributed by atoms with Gasteiger partial charge in [0.25, 0.3) is 0 Å². The van der Waals surface area contributed by atoms with Gasteiger partial charge in [0.1, 0.15) is 0 Å². The molecule has 0 N–H and O–H groups in total. The Balaban J connectivity index is 1.08. The predicted octanol–water partition coefficient (Wildman–Crippen LogP) is 13.3. The summed E-state index contributed by atoms with van der Waals surface area (Å²) in [6.07, 6.45) is 6.93. The van der Waals surface area contributed by atoms with E-state index >= 15 is 0 Å². The third-order valence-electron chi connectivity index (χ3n) is 10.8. The Morgan fingerprint density at radius 1 is 0.420 bits per heavy atom. The van der Waals surface area contributed by atoms with Crippen LogP contribution in [0.2, 0.25) is 0 Å². The van der Waals surface area contributed by atoms with Crippen LogP contribution in [0.25, 0.3) is 83.0 Å². The van der Waals surface area contributed by atoms with Crippen LogP contribution in [-0.2, 0) is 0 Å². The highest BCUT2D eigenvalue weighted by molar-refractivity contribution is 6.15. The van der Waals surface area contributed by atoms with Crippen molar-refractivity contribution in [3.63, 3.8) is 0 Å². The Labute approximate surface area is 293 Å². The Hall–Kier alpha value is -6.18. The van der Waals surface area contributed by atoms with Crippen LogP contribution in [0.3, 0.4) is 0 Å². The largest absolute Gasteiger partial charge is 0.332 e. The van der Waals surface area contributed by atoms with Gasteiger partial charge in [-0.05, 0) is 116 Å². The van der Waals surface area contributed by atoms with Crippen molar-refractivity contribution in [3.05, 3.63) is 188 Å². The Morgan fingerprint density at radius 3 is 1.52 bits per heavy atom. The molecule has 2 atom stereocenters. The minimum Gasteiger partial charge on any atom is -0.332 e. The second kappa shape index (κ2) is 11.5. The van der Waals surface area contributed by atoms with Crippen molar-refractivity contribution in [3.8, 4) is 55.6 Å². The average Bonchev–Trinajstić information content (AvgIpc) is 3.71. The molecule has 0 spiro atoms. The molecule has 1 aliphatic heterocycles. The van der Waals surface area contributed by atoms with E-state index in [4.69, 9.17) is 0 Å². The molecule has 0 fully saturated rings. The van der Waals surface area contributed by atoms with E-state index in [2.05, 4.69) is 194 Å². The lowest BCUT2D eigenvalue weighted by Gasteiger charge is -2.24. The highest BCUT2D eigenvalue weighted by Gasteiger charge is 2.35. The fraction of sp³-hybridized carbons (Fsp3) is 0.0612. The summed E-state index contributed by atoms with van der Waals surface area (Å²) in [5.41, 5.74) is 17.8. The second-order valence-corrected chi connectivity index (χ2v) is 13.8. The van der Waals surface area contributed by atoms with E-state index in [1.54, 1.807) is 0 Å². The van der Waals surface area contributed by atoms with Gasteiger partial charge in [-0.1, -0.05) is 140 Å². The normalized spacial score (nSPS) is 16.1. The molecule has 0 bridgehead atoms. The lowest BCUT2D eigenvalue weighted by Crippen LogP contribution is -2.14. The van der Waals surface area contributed by atoms with Gasteiger partial charge in [-0.3, -0.25) is 0 Å². The van der Waals surface area contributed by atoms with Crippen molar-refractivity contribution < 1.29 is 0 Å². The van der Waals surface area contributed by atoms with E-state index < -0.39 is 0 Å². The van der Waals surface area contributed by atoms with Crippen LogP contribution in [0.1, 0.15) is 18.5 Å². The standard InChI is InChI=1S/C49H35N/c1-32-13-10-23-44-46-31-42(30-45-43-22-8-9-24-47(43)50(48(32)44)49(45)46)38-21-12-19-36(26-38)35-18-11-20-37(25-35)41-28-39(33-14-4-2-5-15-33)27-40(29-41)34-16-6-3-7-17-34/h2-32,48H,1H3. The molecule has 0 saturated carbocycles. The zero-order valence-electron chi connectivity index (χ0n) is 27.9. The summed E-state index contributed by atoms with van der Waals surface area (Å²) >= 11 is 0. The third kappa shape index (κ3) is 4.62. The van der Waals surface area contributed by atoms with Crippen molar-refractivity contribution in [2.24, 2.45) is 5.92 Å². The van der Waals surface area contributed by atoms with E-state index in [0.717, 1.165) is 0 Å². The number of allylic oxidation sites excluding steroid dienone is 4. The molecule has 8 aromatic rings. The fourth-order valence-corrected chi connectivity index (χ4v) is 8.40. The summed E-state index contributed by atoms with van der Waals surface area (Å²) in [5.74, 6) is 0.442. The molecular weight excluding hydrogens is 603 g/mol. The van der Waals surface area contributed by atoms with Crippen LogP contribution < -0.4 is 0 Å². The second-order valence-electron chi connectivity index (χ2n) is 13.8. The number of hydrogen-bond donors (Lipinski definition) is 0. The SMILES string of the molecule is CC1C=CC=C2c3cc(-c4cccc(-c5cccc(-c6cc(-c7ccccc7)cc(-c7ccccc7)c6)c5)c4)cc4c5ccccc5n(c34)C21. The minimum absolute atomic E-state index is 0.338. The maximum atomic E-state index is 2.60. The zero-order valence-corrected chi connectivity index (χ0v) is 27.9. The van der Waals surface area contributed by atoms with E-state index in [1.807, 2.05) is 0 Å². The van der Waals surface area contributed by atoms with Gasteiger partial charge in [-0.15, -0.1) is 0 Å². The monoisotopic (exact) mass is 637 g/mol. The van der Waals surface area contributed by atoms with E-state index in [0.29, 0.717) is 12.0 Å². The molecule has 1 aliphatic carbocycles. The number of hydrogen-bond acceptors (Lipinski definition) is 0. The molecular formula is C49H35N. The Bertz CT molecular complexity index is 2600. The summed E-state index contributed by atoms with van der Waals surface area (Å²) in [7, 11) is 0. The van der Waals surface area contributed by atoms with Gasteiger partial charge in [0.2, 0.25) is 0 Å². The lowest BCUT2D eigenvalue weighted by atomic mass is 9.86. The highest BCUT2D eigenvalue weighted by Crippen LogP contribution is 2.52. The van der Waals surface area contributed by atoms with Crippen molar-refractivity contribution in [2.45, 2.75) is 13.0 Å². The first kappa shape index (κ1) is 28.8. The topological polar surface area (TPSA) is 4.93 Å². The summed E-state index contributed by atoms with van der Waals surface area (Å²) in [6, 6.07) is 60.6. The molecule has 0 saturated heterocycles. The summed E-state index contributed by atoms with van der Waals surface area (Å²) < 4.78 is 2.60. The molecule has 2 heterocycles. The van der Waals surface area contributed by atoms with Gasteiger partial charge in [0.05, 0.1) is 11.6 Å². The molecule has 7 aromatic carbocycles. The molecule has 2 aliphatic rings. The van der Waals surface area contributed by atoms with Crippen LogP contribution in [0.15, 0.2) is 182 Å². The summed E-state index contributed by atoms with van der Waals surface area (Å²) in [4.78, 5) is 0. The summed E-state index contributed by atoms with van der Waals surface area (Å²) in [5, 5.41) is 2.68. The number of rotatable bonds is 5. The lowest BCUT2D eigenvalue weighted by molar-refractivity contribution is 0.536. The molecule has 50 heavy (non-hydrogen) atoms. The van der Waals surface area contributed by atoms with Crippen molar-refractivity contribution in [2.75, 3.05) is 0 Å². The molecule has 1 aromatic heterocycles. The molecule has 236 valence electrons. The van der Waals surface area contributed by atoms with Crippen molar-refractivity contribution in [1.29, 1.82) is 0 Å². The number of para-hydroxylation sites is 1. The quantitative estimate of drug-likeness (QED) is 0.177. The average molecular weight is 638 g/mol. The minimum atomic E-state index is 0.338. The summed E-state index contributed by atoms with van der Waals surface area (Å²) in [6.45, 7) is 2.35. The first-order chi connectivity index (χ1) is 24.7. The van der Waals surface area contributed by atoms with Crippen LogP contribution in [0.5, 0.6) is 0 Å². The van der Waals surface area contributed by atoms with Gasteiger partial charge in [0, 0.05) is 21.9 Å².